The van der Waals surface area contributed by atoms with Crippen LogP contribution in [0.25, 0.3) is 0 Å². The first kappa shape index (κ1) is 18.8. The first-order chi connectivity index (χ1) is 12.1. The molecule has 25 heavy (non-hydrogen) atoms. The molecule has 0 aliphatic rings. The molecule has 6 heteroatoms. The molecule has 0 aliphatic carbocycles. The van der Waals surface area contributed by atoms with Gasteiger partial charge in [-0.1, -0.05) is 23.7 Å². The van der Waals surface area contributed by atoms with Crippen LogP contribution in [0.4, 0.5) is 5.69 Å². The lowest BCUT2D eigenvalue weighted by Crippen LogP contribution is -2.29. The normalized spacial score (nSPS) is 10.2. The number of halogens is 1. The Hall–Kier alpha value is -2.53. The van der Waals surface area contributed by atoms with Gasteiger partial charge in [-0.05, 0) is 55.3 Å². The van der Waals surface area contributed by atoms with Crippen LogP contribution in [0.3, 0.4) is 0 Å². The molecule has 0 bridgehead atoms. The number of benzene rings is 2. The lowest BCUT2D eigenvalue weighted by molar-refractivity contribution is -0.126. The maximum atomic E-state index is 11.9. The highest BCUT2D eigenvalue weighted by molar-refractivity contribution is 6.30. The first-order valence-corrected chi connectivity index (χ1v) is 8.48. The van der Waals surface area contributed by atoms with E-state index in [0.29, 0.717) is 30.3 Å². The SMILES string of the molecule is CCOc1ccc(NC(=O)CC(=O)NCCc2cccc(Cl)c2)cc1. The maximum absolute atomic E-state index is 11.9. The third-order valence-corrected chi connectivity index (χ3v) is 3.63. The number of hydrogen-bond acceptors (Lipinski definition) is 3. The van der Waals surface area contributed by atoms with Crippen molar-refractivity contribution in [1.82, 2.24) is 5.32 Å². The zero-order chi connectivity index (χ0) is 18.1. The predicted molar refractivity (Wildman–Crippen MR) is 99.0 cm³/mol. The fraction of sp³-hybridized carbons (Fsp3) is 0.263. The molecule has 132 valence electrons. The van der Waals surface area contributed by atoms with Gasteiger partial charge in [-0.3, -0.25) is 9.59 Å². The van der Waals surface area contributed by atoms with E-state index in [0.717, 1.165) is 11.3 Å². The molecule has 0 spiro atoms. The van der Waals surface area contributed by atoms with Crippen LogP contribution in [0.5, 0.6) is 5.75 Å². The van der Waals surface area contributed by atoms with E-state index >= 15 is 0 Å². The molecule has 0 atom stereocenters. The monoisotopic (exact) mass is 360 g/mol. The summed E-state index contributed by atoms with van der Waals surface area (Å²) in [5, 5.41) is 6.08. The predicted octanol–water partition coefficient (Wildman–Crippen LogP) is 3.43. The average molecular weight is 361 g/mol. The van der Waals surface area contributed by atoms with Crippen LogP contribution in [0.15, 0.2) is 48.5 Å². The summed E-state index contributed by atoms with van der Waals surface area (Å²) in [6.45, 7) is 2.94. The highest BCUT2D eigenvalue weighted by Gasteiger charge is 2.09. The number of carbonyl (C=O) groups excluding carboxylic acids is 2. The van der Waals surface area contributed by atoms with Crippen molar-refractivity contribution in [3.8, 4) is 5.75 Å². The zero-order valence-electron chi connectivity index (χ0n) is 14.0. The van der Waals surface area contributed by atoms with Crippen LogP contribution in [0.1, 0.15) is 18.9 Å². The second kappa shape index (κ2) is 9.69. The van der Waals surface area contributed by atoms with Crippen LogP contribution in [0, 0.1) is 0 Å². The minimum absolute atomic E-state index is 0.219. The Labute approximate surface area is 152 Å². The smallest absolute Gasteiger partial charge is 0.233 e. The summed E-state index contributed by atoms with van der Waals surface area (Å²) in [5.74, 6) is 0.0640. The van der Waals surface area contributed by atoms with Gasteiger partial charge in [0, 0.05) is 17.3 Å². The standard InChI is InChI=1S/C19H21ClN2O3/c1-2-25-17-8-6-16(7-9-17)22-19(24)13-18(23)21-11-10-14-4-3-5-15(20)12-14/h3-9,12H,2,10-11,13H2,1H3,(H,21,23)(H,22,24). The molecule has 2 aromatic rings. The number of carbonyl (C=O) groups is 2. The molecule has 0 saturated heterocycles. The van der Waals surface area contributed by atoms with Gasteiger partial charge in [-0.25, -0.2) is 0 Å². The lowest BCUT2D eigenvalue weighted by atomic mass is 10.1. The Kier molecular flexibility index (Phi) is 7.29. The van der Waals surface area contributed by atoms with Gasteiger partial charge in [-0.15, -0.1) is 0 Å². The van der Waals surface area contributed by atoms with E-state index in [1.165, 1.54) is 0 Å². The molecule has 0 heterocycles. The number of nitrogens with one attached hydrogen (secondary N) is 2. The molecule has 0 unspecified atom stereocenters. The highest BCUT2D eigenvalue weighted by Crippen LogP contribution is 2.15. The van der Waals surface area contributed by atoms with Crippen LogP contribution in [-0.4, -0.2) is 25.0 Å². The van der Waals surface area contributed by atoms with Crippen LogP contribution < -0.4 is 15.4 Å². The van der Waals surface area contributed by atoms with Crippen molar-refractivity contribution in [2.75, 3.05) is 18.5 Å². The molecule has 0 aliphatic heterocycles. The van der Waals surface area contributed by atoms with Gasteiger partial charge in [0.1, 0.15) is 12.2 Å². The van der Waals surface area contributed by atoms with E-state index in [1.807, 2.05) is 25.1 Å². The molecular weight excluding hydrogens is 340 g/mol. The number of amides is 2. The molecule has 2 rings (SSSR count). The number of rotatable bonds is 8. The summed E-state index contributed by atoms with van der Waals surface area (Å²) in [5.41, 5.74) is 1.66. The largest absolute Gasteiger partial charge is 0.494 e. The molecule has 0 aromatic heterocycles. The van der Waals surface area contributed by atoms with Gasteiger partial charge >= 0.3 is 0 Å². The van der Waals surface area contributed by atoms with Crippen molar-refractivity contribution in [3.05, 3.63) is 59.1 Å². The van der Waals surface area contributed by atoms with Crippen molar-refractivity contribution in [1.29, 1.82) is 0 Å². The minimum atomic E-state index is -0.357. The summed E-state index contributed by atoms with van der Waals surface area (Å²) < 4.78 is 5.33. The number of anilines is 1. The molecule has 0 radical (unpaired) electrons. The Balaban J connectivity index is 1.71. The molecule has 5 nitrogen and oxygen atoms in total. The van der Waals surface area contributed by atoms with Gasteiger partial charge < -0.3 is 15.4 Å². The van der Waals surface area contributed by atoms with Crippen molar-refractivity contribution < 1.29 is 14.3 Å². The van der Waals surface area contributed by atoms with Crippen LogP contribution in [0.2, 0.25) is 5.02 Å². The minimum Gasteiger partial charge on any atom is -0.494 e. The van der Waals surface area contributed by atoms with E-state index in [-0.39, 0.29) is 18.2 Å². The van der Waals surface area contributed by atoms with E-state index in [1.54, 1.807) is 30.3 Å². The third-order valence-electron chi connectivity index (χ3n) is 3.40. The molecule has 0 saturated carbocycles. The first-order valence-electron chi connectivity index (χ1n) is 8.10. The Morgan fingerprint density at radius 2 is 1.84 bits per heavy atom. The van der Waals surface area contributed by atoms with E-state index < -0.39 is 0 Å². The molecule has 2 amide bonds. The second-order valence-electron chi connectivity index (χ2n) is 5.41. The third kappa shape index (κ3) is 6.85. The van der Waals surface area contributed by atoms with Crippen molar-refractivity contribution in [2.45, 2.75) is 19.8 Å². The van der Waals surface area contributed by atoms with E-state index in [4.69, 9.17) is 16.3 Å². The molecule has 2 N–H and O–H groups in total. The second-order valence-corrected chi connectivity index (χ2v) is 5.85. The topological polar surface area (TPSA) is 67.4 Å². The Bertz CT molecular complexity index is 717. The molecule has 0 fully saturated rings. The number of ether oxygens (including phenoxy) is 1. The highest BCUT2D eigenvalue weighted by atomic mass is 35.5. The summed E-state index contributed by atoms with van der Waals surface area (Å²) in [4.78, 5) is 23.7. The van der Waals surface area contributed by atoms with Crippen molar-refractivity contribution in [3.63, 3.8) is 0 Å². The van der Waals surface area contributed by atoms with Gasteiger partial charge in [0.05, 0.1) is 6.61 Å². The van der Waals surface area contributed by atoms with Gasteiger partial charge in [0.15, 0.2) is 0 Å². The number of hydrogen-bond donors (Lipinski definition) is 2. The quantitative estimate of drug-likeness (QED) is 0.709. The molecular formula is C19H21ClN2O3. The van der Waals surface area contributed by atoms with E-state index in [2.05, 4.69) is 10.6 Å². The summed E-state index contributed by atoms with van der Waals surface area (Å²) >= 11 is 5.91. The van der Waals surface area contributed by atoms with Crippen molar-refractivity contribution >= 4 is 29.1 Å². The summed E-state index contributed by atoms with van der Waals surface area (Å²) in [6.07, 6.45) is 0.440. The van der Waals surface area contributed by atoms with E-state index in [9.17, 15) is 9.59 Å². The van der Waals surface area contributed by atoms with Gasteiger partial charge in [-0.2, -0.15) is 0 Å². The summed E-state index contributed by atoms with van der Waals surface area (Å²) in [7, 11) is 0. The van der Waals surface area contributed by atoms with Crippen LogP contribution in [-0.2, 0) is 16.0 Å². The average Bonchev–Trinajstić information content (AvgIpc) is 2.57. The Morgan fingerprint density at radius 3 is 2.52 bits per heavy atom. The van der Waals surface area contributed by atoms with Gasteiger partial charge in [0.25, 0.3) is 0 Å². The van der Waals surface area contributed by atoms with Crippen LogP contribution >= 0.6 is 11.6 Å². The maximum Gasteiger partial charge on any atom is 0.233 e. The fourth-order valence-corrected chi connectivity index (χ4v) is 2.47. The Morgan fingerprint density at radius 1 is 1.08 bits per heavy atom. The van der Waals surface area contributed by atoms with Gasteiger partial charge in [0.2, 0.25) is 11.8 Å². The zero-order valence-corrected chi connectivity index (χ0v) is 14.8. The molecule has 2 aromatic carbocycles. The lowest BCUT2D eigenvalue weighted by Gasteiger charge is -2.08. The summed E-state index contributed by atoms with van der Waals surface area (Å²) in [6, 6.07) is 14.5. The van der Waals surface area contributed by atoms with Crippen molar-refractivity contribution in [2.24, 2.45) is 0 Å². The fourth-order valence-electron chi connectivity index (χ4n) is 2.25.